The molecule has 0 bridgehead atoms. The number of benzene rings is 2. The third kappa shape index (κ3) is 5.18. The predicted octanol–water partition coefficient (Wildman–Crippen LogP) is 7.34. The summed E-state index contributed by atoms with van der Waals surface area (Å²) in [6, 6.07) is 14.6. The fourth-order valence-electron chi connectivity index (χ4n) is 5.33. The van der Waals surface area contributed by atoms with Gasteiger partial charge in [-0.25, -0.2) is 0 Å². The van der Waals surface area contributed by atoms with E-state index in [4.69, 9.17) is 4.74 Å². The molecule has 2 aromatic carbocycles. The van der Waals surface area contributed by atoms with Crippen molar-refractivity contribution in [3.8, 4) is 16.9 Å². The molecule has 162 valence electrons. The van der Waals surface area contributed by atoms with Gasteiger partial charge in [-0.05, 0) is 92.0 Å². The van der Waals surface area contributed by atoms with Crippen molar-refractivity contribution in [1.82, 2.24) is 0 Å². The highest BCUT2D eigenvalue weighted by Crippen LogP contribution is 2.46. The van der Waals surface area contributed by atoms with Crippen LogP contribution in [-0.4, -0.2) is 19.1 Å². The standard InChI is InChI=1S/C25H29F3O2/c1-2-29-24-14-11-21-15-20(7-8-22(21)16-24)19-5-3-17(4-6-19)18-9-12-23(13-10-18)30-25(26,27)28/h3-6,9-10,12-13,20-22,24H,2,7-8,11,14-16H2,1H3. The molecule has 2 aliphatic rings. The Hall–Kier alpha value is -2.01. The molecule has 2 aliphatic carbocycles. The second-order valence-electron chi connectivity index (χ2n) is 8.61. The van der Waals surface area contributed by atoms with Gasteiger partial charge >= 0.3 is 6.36 Å². The highest BCUT2D eigenvalue weighted by atomic mass is 19.4. The molecule has 0 aliphatic heterocycles. The Balaban J connectivity index is 1.37. The zero-order valence-corrected chi connectivity index (χ0v) is 17.3. The predicted molar refractivity (Wildman–Crippen MR) is 111 cm³/mol. The van der Waals surface area contributed by atoms with Crippen LogP contribution in [0, 0.1) is 11.8 Å². The van der Waals surface area contributed by atoms with Crippen LogP contribution in [0.4, 0.5) is 13.2 Å². The number of rotatable bonds is 5. The molecule has 0 saturated heterocycles. The topological polar surface area (TPSA) is 18.5 Å². The molecular formula is C25H29F3O2. The molecule has 0 amide bonds. The summed E-state index contributed by atoms with van der Waals surface area (Å²) >= 11 is 0. The summed E-state index contributed by atoms with van der Waals surface area (Å²) in [7, 11) is 0. The van der Waals surface area contributed by atoms with Crippen molar-refractivity contribution in [2.24, 2.45) is 11.8 Å². The molecule has 2 saturated carbocycles. The molecule has 2 nitrogen and oxygen atoms in total. The van der Waals surface area contributed by atoms with Gasteiger partial charge in [0.05, 0.1) is 6.10 Å². The summed E-state index contributed by atoms with van der Waals surface area (Å²) in [6.07, 6.45) is 3.24. The molecule has 0 aromatic heterocycles. The van der Waals surface area contributed by atoms with Crippen LogP contribution in [0.25, 0.3) is 11.1 Å². The summed E-state index contributed by atoms with van der Waals surface area (Å²) in [6.45, 7) is 2.90. The molecule has 4 rings (SSSR count). The molecule has 0 heterocycles. The number of ether oxygens (including phenoxy) is 2. The number of hydrogen-bond acceptors (Lipinski definition) is 2. The van der Waals surface area contributed by atoms with Gasteiger partial charge in [-0.1, -0.05) is 36.4 Å². The molecule has 2 fully saturated rings. The first kappa shape index (κ1) is 21.2. The minimum absolute atomic E-state index is 0.196. The Labute approximate surface area is 176 Å². The number of halogens is 3. The van der Waals surface area contributed by atoms with Gasteiger partial charge in [-0.2, -0.15) is 0 Å². The SMILES string of the molecule is CCOC1CCC2CC(c3ccc(-c4ccc(OC(F)(F)F)cc4)cc3)CCC2C1. The van der Waals surface area contributed by atoms with E-state index in [0.29, 0.717) is 12.0 Å². The number of hydrogen-bond donors (Lipinski definition) is 0. The van der Waals surface area contributed by atoms with Gasteiger partial charge < -0.3 is 9.47 Å². The van der Waals surface area contributed by atoms with Gasteiger partial charge in [-0.3, -0.25) is 0 Å². The lowest BCUT2D eigenvalue weighted by Crippen LogP contribution is -2.33. The van der Waals surface area contributed by atoms with Crippen molar-refractivity contribution in [3.05, 3.63) is 54.1 Å². The van der Waals surface area contributed by atoms with E-state index >= 15 is 0 Å². The molecule has 0 spiro atoms. The number of alkyl halides is 3. The molecule has 0 N–H and O–H groups in total. The van der Waals surface area contributed by atoms with E-state index in [2.05, 4.69) is 35.9 Å². The first-order valence-electron chi connectivity index (χ1n) is 11.0. The molecule has 2 aromatic rings. The van der Waals surface area contributed by atoms with Crippen LogP contribution in [0.2, 0.25) is 0 Å². The van der Waals surface area contributed by atoms with Crippen molar-refractivity contribution < 1.29 is 22.6 Å². The average Bonchev–Trinajstić information content (AvgIpc) is 2.73. The molecule has 0 radical (unpaired) electrons. The largest absolute Gasteiger partial charge is 0.573 e. The summed E-state index contributed by atoms with van der Waals surface area (Å²) < 4.78 is 46.8. The van der Waals surface area contributed by atoms with E-state index in [1.165, 1.54) is 56.2 Å². The Bertz CT molecular complexity index is 814. The number of fused-ring (bicyclic) bond motifs is 1. The Morgan fingerprint density at radius 3 is 2.03 bits per heavy atom. The second kappa shape index (κ2) is 9.01. The molecule has 4 unspecified atom stereocenters. The van der Waals surface area contributed by atoms with Gasteiger partial charge in [0.2, 0.25) is 0 Å². The van der Waals surface area contributed by atoms with Crippen molar-refractivity contribution in [2.45, 2.75) is 63.8 Å². The first-order chi connectivity index (χ1) is 14.4. The Kier molecular flexibility index (Phi) is 6.37. The van der Waals surface area contributed by atoms with Crippen molar-refractivity contribution in [1.29, 1.82) is 0 Å². The van der Waals surface area contributed by atoms with Gasteiger partial charge in [-0.15, -0.1) is 13.2 Å². The smallest absolute Gasteiger partial charge is 0.406 e. The third-order valence-corrected chi connectivity index (χ3v) is 6.77. The third-order valence-electron chi connectivity index (χ3n) is 6.77. The molecule has 5 heteroatoms. The van der Waals surface area contributed by atoms with Crippen LogP contribution < -0.4 is 4.74 Å². The minimum atomic E-state index is -4.66. The summed E-state index contributed by atoms with van der Waals surface area (Å²) in [5.41, 5.74) is 3.26. The maximum atomic E-state index is 12.3. The average molecular weight is 418 g/mol. The van der Waals surface area contributed by atoms with Gasteiger partial charge in [0.25, 0.3) is 0 Å². The lowest BCUT2D eigenvalue weighted by atomic mass is 9.65. The maximum Gasteiger partial charge on any atom is 0.573 e. The first-order valence-corrected chi connectivity index (χ1v) is 11.0. The minimum Gasteiger partial charge on any atom is -0.406 e. The summed E-state index contributed by atoms with van der Waals surface area (Å²) in [5.74, 6) is 2.02. The highest BCUT2D eigenvalue weighted by molar-refractivity contribution is 5.64. The van der Waals surface area contributed by atoms with E-state index in [-0.39, 0.29) is 5.75 Å². The monoisotopic (exact) mass is 418 g/mol. The van der Waals surface area contributed by atoms with E-state index in [0.717, 1.165) is 29.6 Å². The fraction of sp³-hybridized carbons (Fsp3) is 0.520. The fourth-order valence-corrected chi connectivity index (χ4v) is 5.33. The van der Waals surface area contributed by atoms with Crippen molar-refractivity contribution in [3.63, 3.8) is 0 Å². The quantitative estimate of drug-likeness (QED) is 0.506. The summed E-state index contributed by atoms with van der Waals surface area (Å²) in [5, 5.41) is 0. The van der Waals surface area contributed by atoms with Crippen LogP contribution in [0.3, 0.4) is 0 Å². The Morgan fingerprint density at radius 1 is 0.800 bits per heavy atom. The highest BCUT2D eigenvalue weighted by Gasteiger charge is 2.36. The van der Waals surface area contributed by atoms with Gasteiger partial charge in [0.15, 0.2) is 0 Å². The van der Waals surface area contributed by atoms with Gasteiger partial charge in [0.1, 0.15) is 5.75 Å². The van der Waals surface area contributed by atoms with E-state index in [9.17, 15) is 13.2 Å². The Morgan fingerprint density at radius 2 is 1.40 bits per heavy atom. The van der Waals surface area contributed by atoms with Gasteiger partial charge in [0, 0.05) is 6.61 Å². The molecule has 30 heavy (non-hydrogen) atoms. The maximum absolute atomic E-state index is 12.3. The zero-order valence-electron chi connectivity index (χ0n) is 17.3. The van der Waals surface area contributed by atoms with E-state index in [1.54, 1.807) is 12.1 Å². The second-order valence-corrected chi connectivity index (χ2v) is 8.61. The van der Waals surface area contributed by atoms with Crippen LogP contribution in [-0.2, 0) is 4.74 Å². The molecular weight excluding hydrogens is 389 g/mol. The van der Waals surface area contributed by atoms with Crippen molar-refractivity contribution >= 4 is 0 Å². The summed E-state index contributed by atoms with van der Waals surface area (Å²) in [4.78, 5) is 0. The molecule has 4 atom stereocenters. The van der Waals surface area contributed by atoms with Crippen LogP contribution in [0.1, 0.15) is 56.9 Å². The lowest BCUT2D eigenvalue weighted by molar-refractivity contribution is -0.274. The van der Waals surface area contributed by atoms with Crippen molar-refractivity contribution in [2.75, 3.05) is 6.61 Å². The lowest BCUT2D eigenvalue weighted by Gasteiger charge is -2.42. The van der Waals surface area contributed by atoms with Crippen LogP contribution in [0.5, 0.6) is 5.75 Å². The van der Waals surface area contributed by atoms with Crippen LogP contribution in [0.15, 0.2) is 48.5 Å². The zero-order chi connectivity index (χ0) is 21.1. The van der Waals surface area contributed by atoms with E-state index < -0.39 is 6.36 Å². The van der Waals surface area contributed by atoms with Crippen LogP contribution >= 0.6 is 0 Å². The normalized spacial score (nSPS) is 26.8. The van der Waals surface area contributed by atoms with E-state index in [1.807, 2.05) is 0 Å².